The summed E-state index contributed by atoms with van der Waals surface area (Å²) in [5.41, 5.74) is 5.49. The third-order valence-electron chi connectivity index (χ3n) is 2.32. The van der Waals surface area contributed by atoms with Crippen molar-refractivity contribution in [3.05, 3.63) is 0 Å². The van der Waals surface area contributed by atoms with Crippen LogP contribution in [0.3, 0.4) is 0 Å². The highest BCUT2D eigenvalue weighted by atomic mass is 32.2. The lowest BCUT2D eigenvalue weighted by atomic mass is 10.5. The van der Waals surface area contributed by atoms with Crippen molar-refractivity contribution in [2.45, 2.75) is 31.3 Å². The Morgan fingerprint density at radius 2 is 2.00 bits per heavy atom. The second kappa shape index (κ2) is 2.68. The van der Waals surface area contributed by atoms with Crippen molar-refractivity contribution in [2.24, 2.45) is 11.7 Å². The molecule has 70 valence electrons. The van der Waals surface area contributed by atoms with Crippen molar-refractivity contribution >= 4 is 10.0 Å². The predicted molar refractivity (Wildman–Crippen MR) is 46.0 cm³/mol. The molecule has 0 saturated heterocycles. The lowest BCUT2D eigenvalue weighted by Crippen LogP contribution is -2.32. The van der Waals surface area contributed by atoms with Crippen molar-refractivity contribution in [1.29, 1.82) is 0 Å². The lowest BCUT2D eigenvalue weighted by molar-refractivity contribution is 0.576. The van der Waals surface area contributed by atoms with Gasteiger partial charge in [-0.15, -0.1) is 0 Å². The smallest absolute Gasteiger partial charge is 0.212 e. The van der Waals surface area contributed by atoms with Gasteiger partial charge in [0.05, 0.1) is 5.75 Å². The summed E-state index contributed by atoms with van der Waals surface area (Å²) < 4.78 is 25.2. The Balaban J connectivity index is 1.83. The highest BCUT2D eigenvalue weighted by Crippen LogP contribution is 2.30. The van der Waals surface area contributed by atoms with Gasteiger partial charge in [-0.2, -0.15) is 0 Å². The molecule has 12 heavy (non-hydrogen) atoms. The van der Waals surface area contributed by atoms with Crippen LogP contribution >= 0.6 is 0 Å². The summed E-state index contributed by atoms with van der Waals surface area (Å²) in [6, 6.07) is 0.0766. The number of nitrogens with one attached hydrogen (secondary N) is 1. The van der Waals surface area contributed by atoms with Crippen LogP contribution in [0.1, 0.15) is 19.3 Å². The molecule has 2 saturated carbocycles. The van der Waals surface area contributed by atoms with Gasteiger partial charge in [0.15, 0.2) is 0 Å². The SMILES string of the molecule is NC1CC1NS(=O)(=O)CC1CC1. The molecule has 2 fully saturated rings. The molecule has 0 bridgehead atoms. The first-order valence-electron chi connectivity index (χ1n) is 4.32. The fourth-order valence-corrected chi connectivity index (χ4v) is 3.01. The van der Waals surface area contributed by atoms with Crippen LogP contribution in [0, 0.1) is 5.92 Å². The largest absolute Gasteiger partial charge is 0.326 e. The molecule has 0 aromatic rings. The van der Waals surface area contributed by atoms with E-state index in [0.29, 0.717) is 11.7 Å². The van der Waals surface area contributed by atoms with Crippen molar-refractivity contribution < 1.29 is 8.42 Å². The van der Waals surface area contributed by atoms with Crippen LogP contribution in [0.15, 0.2) is 0 Å². The van der Waals surface area contributed by atoms with Gasteiger partial charge in [-0.3, -0.25) is 0 Å². The molecule has 5 heteroatoms. The molecule has 2 atom stereocenters. The Kier molecular flexibility index (Phi) is 1.89. The number of hydrogen-bond donors (Lipinski definition) is 2. The molecule has 0 radical (unpaired) electrons. The normalized spacial score (nSPS) is 35.1. The van der Waals surface area contributed by atoms with E-state index in [2.05, 4.69) is 4.72 Å². The zero-order valence-corrected chi connectivity index (χ0v) is 7.68. The predicted octanol–water partition coefficient (Wildman–Crippen LogP) is -0.585. The first-order chi connectivity index (χ1) is 5.57. The van der Waals surface area contributed by atoms with Gasteiger partial charge in [0.2, 0.25) is 10.0 Å². The van der Waals surface area contributed by atoms with E-state index in [-0.39, 0.29) is 12.1 Å². The van der Waals surface area contributed by atoms with Crippen molar-refractivity contribution in [3.63, 3.8) is 0 Å². The van der Waals surface area contributed by atoms with Crippen LogP contribution in [0.25, 0.3) is 0 Å². The van der Waals surface area contributed by atoms with Gasteiger partial charge in [0.1, 0.15) is 0 Å². The molecule has 0 amide bonds. The average molecular weight is 190 g/mol. The van der Waals surface area contributed by atoms with Crippen molar-refractivity contribution in [3.8, 4) is 0 Å². The summed E-state index contributed by atoms with van der Waals surface area (Å²) in [6.45, 7) is 0. The minimum Gasteiger partial charge on any atom is -0.326 e. The lowest BCUT2D eigenvalue weighted by Gasteiger charge is -2.03. The van der Waals surface area contributed by atoms with Gasteiger partial charge in [-0.05, 0) is 25.2 Å². The molecule has 0 spiro atoms. The fourth-order valence-electron chi connectivity index (χ4n) is 1.22. The number of nitrogens with two attached hydrogens (primary N) is 1. The number of sulfonamides is 1. The summed E-state index contributed by atoms with van der Waals surface area (Å²) in [5, 5.41) is 0. The summed E-state index contributed by atoms with van der Waals surface area (Å²) in [4.78, 5) is 0. The van der Waals surface area contributed by atoms with Crippen LogP contribution in [-0.2, 0) is 10.0 Å². The van der Waals surface area contributed by atoms with E-state index in [1.165, 1.54) is 0 Å². The first kappa shape index (κ1) is 8.47. The molecular formula is C7H14N2O2S. The van der Waals surface area contributed by atoms with Gasteiger partial charge < -0.3 is 5.73 Å². The first-order valence-corrected chi connectivity index (χ1v) is 5.97. The Morgan fingerprint density at radius 3 is 2.42 bits per heavy atom. The zero-order valence-electron chi connectivity index (χ0n) is 6.86. The van der Waals surface area contributed by atoms with E-state index >= 15 is 0 Å². The van der Waals surface area contributed by atoms with Crippen molar-refractivity contribution in [1.82, 2.24) is 4.72 Å². The second-order valence-corrected chi connectivity index (χ2v) is 5.65. The molecule has 2 aliphatic carbocycles. The quantitative estimate of drug-likeness (QED) is 0.622. The minimum absolute atomic E-state index is 0.0220. The molecule has 2 rings (SSSR count). The highest BCUT2D eigenvalue weighted by Gasteiger charge is 2.38. The van der Waals surface area contributed by atoms with Crippen LogP contribution in [0.4, 0.5) is 0 Å². The molecule has 0 aromatic heterocycles. The maximum absolute atomic E-state index is 11.3. The number of rotatable bonds is 4. The van der Waals surface area contributed by atoms with Crippen LogP contribution in [-0.4, -0.2) is 26.3 Å². The third-order valence-corrected chi connectivity index (χ3v) is 3.89. The molecule has 0 aromatic carbocycles. The van der Waals surface area contributed by atoms with E-state index in [0.717, 1.165) is 19.3 Å². The van der Waals surface area contributed by atoms with E-state index in [9.17, 15) is 8.42 Å². The van der Waals surface area contributed by atoms with E-state index in [1.807, 2.05) is 0 Å². The van der Waals surface area contributed by atoms with Gasteiger partial charge in [-0.1, -0.05) is 0 Å². The zero-order chi connectivity index (χ0) is 8.77. The molecule has 2 unspecified atom stereocenters. The molecule has 4 nitrogen and oxygen atoms in total. The van der Waals surface area contributed by atoms with Crippen LogP contribution < -0.4 is 10.5 Å². The Hall–Kier alpha value is -0.130. The molecule has 0 heterocycles. The van der Waals surface area contributed by atoms with Gasteiger partial charge >= 0.3 is 0 Å². The molecular weight excluding hydrogens is 176 g/mol. The van der Waals surface area contributed by atoms with E-state index < -0.39 is 10.0 Å². The summed E-state index contributed by atoms with van der Waals surface area (Å²) >= 11 is 0. The molecule has 0 aliphatic heterocycles. The second-order valence-electron chi connectivity index (χ2n) is 3.85. The fraction of sp³-hybridized carbons (Fsp3) is 1.00. The topological polar surface area (TPSA) is 72.2 Å². The van der Waals surface area contributed by atoms with E-state index in [1.54, 1.807) is 0 Å². The Bertz CT molecular complexity index is 271. The van der Waals surface area contributed by atoms with Crippen LogP contribution in [0.2, 0.25) is 0 Å². The minimum atomic E-state index is -3.02. The van der Waals surface area contributed by atoms with E-state index in [4.69, 9.17) is 5.73 Å². The van der Waals surface area contributed by atoms with Crippen LogP contribution in [0.5, 0.6) is 0 Å². The Labute approximate surface area is 72.6 Å². The summed E-state index contributed by atoms with van der Waals surface area (Å²) in [7, 11) is -3.02. The maximum Gasteiger partial charge on any atom is 0.212 e. The standard InChI is InChI=1S/C7H14N2O2S/c8-6-3-7(6)9-12(10,11)4-5-1-2-5/h5-7,9H,1-4,8H2. The summed E-state index contributed by atoms with van der Waals surface area (Å²) in [5.74, 6) is 0.716. The maximum atomic E-state index is 11.3. The third kappa shape index (κ3) is 2.18. The number of hydrogen-bond acceptors (Lipinski definition) is 3. The molecule has 3 N–H and O–H groups in total. The van der Waals surface area contributed by atoms with Gasteiger partial charge in [0.25, 0.3) is 0 Å². The van der Waals surface area contributed by atoms with Gasteiger partial charge in [-0.25, -0.2) is 13.1 Å². The van der Waals surface area contributed by atoms with Crippen molar-refractivity contribution in [2.75, 3.05) is 5.75 Å². The Morgan fingerprint density at radius 1 is 1.42 bits per heavy atom. The average Bonchev–Trinajstić information content (AvgIpc) is 2.75. The summed E-state index contributed by atoms with van der Waals surface area (Å²) in [6.07, 6.45) is 2.93. The monoisotopic (exact) mass is 190 g/mol. The highest BCUT2D eigenvalue weighted by molar-refractivity contribution is 7.89. The molecule has 2 aliphatic rings. The van der Waals surface area contributed by atoms with Gasteiger partial charge in [0, 0.05) is 12.1 Å².